The Bertz CT molecular complexity index is 845. The summed E-state index contributed by atoms with van der Waals surface area (Å²) in [5.74, 6) is 0.747. The van der Waals surface area contributed by atoms with Crippen LogP contribution in [0.25, 0.3) is 0 Å². The lowest BCUT2D eigenvalue weighted by atomic mass is 10.1. The maximum absolute atomic E-state index is 12.7. The van der Waals surface area contributed by atoms with E-state index in [1.54, 1.807) is 36.4 Å². The molecule has 6 heteroatoms. The number of esters is 1. The van der Waals surface area contributed by atoms with Crippen molar-refractivity contribution in [2.75, 3.05) is 25.6 Å². The molecule has 0 aliphatic rings. The number of hydrogen-bond donors (Lipinski definition) is 1. The van der Waals surface area contributed by atoms with E-state index in [0.717, 1.165) is 5.56 Å². The van der Waals surface area contributed by atoms with E-state index in [9.17, 15) is 9.59 Å². The first-order chi connectivity index (χ1) is 13.3. The third kappa shape index (κ3) is 5.49. The fourth-order valence-electron chi connectivity index (χ4n) is 2.49. The number of hydrogen-bond acceptors (Lipinski definition) is 5. The number of benzene rings is 2. The lowest BCUT2D eigenvalue weighted by Crippen LogP contribution is -2.14. The van der Waals surface area contributed by atoms with Crippen LogP contribution in [0.5, 0.6) is 11.5 Å². The largest absolute Gasteiger partial charge is 0.490 e. The Labute approximate surface area is 165 Å². The Morgan fingerprint density at radius 3 is 2.36 bits per heavy atom. The fraction of sp³-hybridized carbons (Fsp3) is 0.364. The van der Waals surface area contributed by atoms with Gasteiger partial charge in [-0.2, -0.15) is 0 Å². The molecule has 2 aromatic rings. The van der Waals surface area contributed by atoms with Gasteiger partial charge in [0.25, 0.3) is 5.91 Å². The Balaban J connectivity index is 2.24. The smallest absolute Gasteiger partial charge is 0.337 e. The van der Waals surface area contributed by atoms with Gasteiger partial charge in [-0.1, -0.05) is 19.9 Å². The van der Waals surface area contributed by atoms with E-state index in [-0.39, 0.29) is 5.91 Å². The van der Waals surface area contributed by atoms with Crippen LogP contribution in [0.1, 0.15) is 47.1 Å². The molecule has 0 saturated heterocycles. The normalized spacial score (nSPS) is 10.5. The summed E-state index contributed by atoms with van der Waals surface area (Å²) < 4.78 is 16.1. The van der Waals surface area contributed by atoms with E-state index < -0.39 is 5.97 Å². The second kappa shape index (κ2) is 9.78. The molecule has 28 heavy (non-hydrogen) atoms. The Kier molecular flexibility index (Phi) is 7.44. The van der Waals surface area contributed by atoms with Crippen molar-refractivity contribution in [2.24, 2.45) is 5.92 Å². The average molecular weight is 385 g/mol. The van der Waals surface area contributed by atoms with Gasteiger partial charge in [0, 0.05) is 11.3 Å². The van der Waals surface area contributed by atoms with Crippen molar-refractivity contribution in [3.05, 3.63) is 53.1 Å². The summed E-state index contributed by atoms with van der Waals surface area (Å²) in [5, 5.41) is 2.84. The Hall–Kier alpha value is -3.02. The number of aryl methyl sites for hydroxylation is 1. The van der Waals surface area contributed by atoms with Crippen LogP contribution in [0.2, 0.25) is 0 Å². The summed E-state index contributed by atoms with van der Waals surface area (Å²) in [7, 11) is 1.32. The molecule has 6 nitrogen and oxygen atoms in total. The highest BCUT2D eigenvalue weighted by Gasteiger charge is 2.15. The highest BCUT2D eigenvalue weighted by atomic mass is 16.5. The van der Waals surface area contributed by atoms with E-state index in [1.807, 2.05) is 13.8 Å². The first-order valence-corrected chi connectivity index (χ1v) is 9.25. The summed E-state index contributed by atoms with van der Waals surface area (Å²) >= 11 is 0. The Morgan fingerprint density at radius 2 is 1.71 bits per heavy atom. The van der Waals surface area contributed by atoms with E-state index in [1.165, 1.54) is 7.11 Å². The lowest BCUT2D eigenvalue weighted by Gasteiger charge is -2.15. The SMILES string of the molecule is CCOc1cc(C(=O)Nc2cc(C(=O)OC)ccc2C)ccc1OCC(C)C. The van der Waals surface area contributed by atoms with Crippen LogP contribution in [0.15, 0.2) is 36.4 Å². The van der Waals surface area contributed by atoms with Crippen LogP contribution >= 0.6 is 0 Å². The minimum absolute atomic E-state index is 0.304. The molecule has 0 unspecified atom stereocenters. The van der Waals surface area contributed by atoms with Gasteiger partial charge in [0.1, 0.15) is 0 Å². The summed E-state index contributed by atoms with van der Waals surface area (Å²) in [6.07, 6.45) is 0. The van der Waals surface area contributed by atoms with Gasteiger partial charge >= 0.3 is 5.97 Å². The highest BCUT2D eigenvalue weighted by molar-refractivity contribution is 6.05. The maximum Gasteiger partial charge on any atom is 0.337 e. The summed E-state index contributed by atoms with van der Waals surface area (Å²) in [6.45, 7) is 8.88. The molecule has 0 saturated carbocycles. The standard InChI is InChI=1S/C22H27NO5/c1-6-27-20-12-16(9-10-19(20)28-13-14(2)3)21(24)23-18-11-17(22(25)26-5)8-7-15(18)4/h7-12,14H,6,13H2,1-5H3,(H,23,24). The number of carbonyl (C=O) groups excluding carboxylic acids is 2. The molecule has 0 bridgehead atoms. The molecule has 2 rings (SSSR count). The van der Waals surface area contributed by atoms with Gasteiger partial charge in [0.2, 0.25) is 0 Å². The molecule has 0 aliphatic heterocycles. The van der Waals surface area contributed by atoms with Crippen LogP contribution in [0.4, 0.5) is 5.69 Å². The molecule has 0 aromatic heterocycles. The molecule has 150 valence electrons. The Morgan fingerprint density at radius 1 is 1.00 bits per heavy atom. The van der Waals surface area contributed by atoms with Crippen molar-refractivity contribution in [3.8, 4) is 11.5 Å². The summed E-state index contributed by atoms with van der Waals surface area (Å²) in [6, 6.07) is 10.1. The lowest BCUT2D eigenvalue weighted by molar-refractivity contribution is 0.0600. The predicted octanol–water partition coefficient (Wildman–Crippen LogP) is 4.47. The average Bonchev–Trinajstić information content (AvgIpc) is 2.68. The van der Waals surface area contributed by atoms with Gasteiger partial charge < -0.3 is 19.5 Å². The molecule has 2 aromatic carbocycles. The fourth-order valence-corrected chi connectivity index (χ4v) is 2.49. The van der Waals surface area contributed by atoms with Gasteiger partial charge in [0.15, 0.2) is 11.5 Å². The zero-order valence-electron chi connectivity index (χ0n) is 17.0. The van der Waals surface area contributed by atoms with Crippen LogP contribution in [-0.4, -0.2) is 32.2 Å². The van der Waals surface area contributed by atoms with E-state index in [0.29, 0.717) is 47.4 Å². The predicted molar refractivity (Wildman–Crippen MR) is 108 cm³/mol. The third-order valence-electron chi connectivity index (χ3n) is 3.98. The van der Waals surface area contributed by atoms with E-state index in [4.69, 9.17) is 14.2 Å². The van der Waals surface area contributed by atoms with Crippen molar-refractivity contribution >= 4 is 17.6 Å². The molecule has 0 atom stereocenters. The molecule has 0 aliphatic carbocycles. The van der Waals surface area contributed by atoms with Gasteiger partial charge in [-0.05, 0) is 55.7 Å². The van der Waals surface area contributed by atoms with Crippen molar-refractivity contribution < 1.29 is 23.8 Å². The molecule has 0 spiro atoms. The van der Waals surface area contributed by atoms with Crippen molar-refractivity contribution in [3.63, 3.8) is 0 Å². The minimum atomic E-state index is -0.458. The number of anilines is 1. The number of carbonyl (C=O) groups is 2. The molecule has 0 heterocycles. The van der Waals surface area contributed by atoms with Crippen LogP contribution in [-0.2, 0) is 4.74 Å². The van der Waals surface area contributed by atoms with Crippen molar-refractivity contribution in [2.45, 2.75) is 27.7 Å². The molecule has 0 fully saturated rings. The third-order valence-corrected chi connectivity index (χ3v) is 3.98. The molecular weight excluding hydrogens is 358 g/mol. The monoisotopic (exact) mass is 385 g/mol. The second-order valence-electron chi connectivity index (χ2n) is 6.77. The van der Waals surface area contributed by atoms with Crippen LogP contribution in [0.3, 0.4) is 0 Å². The number of amides is 1. The molecular formula is C22H27NO5. The van der Waals surface area contributed by atoms with Crippen LogP contribution in [0, 0.1) is 12.8 Å². The maximum atomic E-state index is 12.7. The molecule has 1 N–H and O–H groups in total. The number of nitrogens with one attached hydrogen (secondary N) is 1. The summed E-state index contributed by atoms with van der Waals surface area (Å²) in [5.41, 5.74) is 2.19. The molecule has 1 amide bonds. The minimum Gasteiger partial charge on any atom is -0.490 e. The number of methoxy groups -OCH3 is 1. The number of ether oxygens (including phenoxy) is 3. The van der Waals surface area contributed by atoms with E-state index in [2.05, 4.69) is 19.2 Å². The zero-order valence-corrected chi connectivity index (χ0v) is 17.0. The van der Waals surface area contributed by atoms with Gasteiger partial charge in [-0.3, -0.25) is 4.79 Å². The zero-order chi connectivity index (χ0) is 20.7. The van der Waals surface area contributed by atoms with Crippen molar-refractivity contribution in [1.82, 2.24) is 0 Å². The second-order valence-corrected chi connectivity index (χ2v) is 6.77. The molecule has 0 radical (unpaired) electrons. The van der Waals surface area contributed by atoms with Crippen LogP contribution < -0.4 is 14.8 Å². The topological polar surface area (TPSA) is 73.9 Å². The number of rotatable bonds is 8. The van der Waals surface area contributed by atoms with Crippen molar-refractivity contribution in [1.29, 1.82) is 0 Å². The quantitative estimate of drug-likeness (QED) is 0.679. The first-order valence-electron chi connectivity index (χ1n) is 9.25. The van der Waals surface area contributed by atoms with Gasteiger partial charge in [0.05, 0.1) is 25.9 Å². The highest BCUT2D eigenvalue weighted by Crippen LogP contribution is 2.29. The first kappa shape index (κ1) is 21.3. The summed E-state index contributed by atoms with van der Waals surface area (Å²) in [4.78, 5) is 24.5. The van der Waals surface area contributed by atoms with Gasteiger partial charge in [-0.25, -0.2) is 4.79 Å². The van der Waals surface area contributed by atoms with Gasteiger partial charge in [-0.15, -0.1) is 0 Å². The van der Waals surface area contributed by atoms with E-state index >= 15 is 0 Å².